The Labute approximate surface area is 79.5 Å². The molecule has 0 saturated carbocycles. The lowest BCUT2D eigenvalue weighted by Crippen LogP contribution is -2.01. The van der Waals surface area contributed by atoms with Crippen molar-refractivity contribution in [1.82, 2.24) is 0 Å². The summed E-state index contributed by atoms with van der Waals surface area (Å²) in [6, 6.07) is 5.44. The molecule has 1 rings (SSSR count). The minimum absolute atomic E-state index is 0.459. The van der Waals surface area contributed by atoms with E-state index in [-0.39, 0.29) is 0 Å². The van der Waals surface area contributed by atoms with Crippen molar-refractivity contribution in [3.05, 3.63) is 29.3 Å². The highest BCUT2D eigenvalue weighted by atomic mass is 32.2. The first-order valence-electron chi connectivity index (χ1n) is 4.24. The molecule has 13 heavy (non-hydrogen) atoms. The minimum atomic E-state index is -3.06. The Morgan fingerprint density at radius 1 is 1.31 bits per heavy atom. The molecule has 1 aromatic rings. The zero-order chi connectivity index (χ0) is 10.1. The maximum absolute atomic E-state index is 11.3. The van der Waals surface area contributed by atoms with E-state index < -0.39 is 9.84 Å². The van der Waals surface area contributed by atoms with Gasteiger partial charge in [0, 0.05) is 6.26 Å². The van der Waals surface area contributed by atoms with E-state index >= 15 is 0 Å². The monoisotopic (exact) mass is 198 g/mol. The lowest BCUT2D eigenvalue weighted by atomic mass is 10.1. The predicted octanol–water partition coefficient (Wildman–Crippen LogP) is 1.96. The summed E-state index contributed by atoms with van der Waals surface area (Å²) in [4.78, 5) is 0.459. The molecule has 0 atom stereocenters. The summed E-state index contributed by atoms with van der Waals surface area (Å²) in [6.45, 7) is 3.93. The molecule has 0 amide bonds. The highest BCUT2D eigenvalue weighted by molar-refractivity contribution is 7.90. The zero-order valence-corrected chi connectivity index (χ0v) is 8.98. The smallest absolute Gasteiger partial charge is 0.175 e. The van der Waals surface area contributed by atoms with Crippen LogP contribution < -0.4 is 0 Å². The summed E-state index contributed by atoms with van der Waals surface area (Å²) >= 11 is 0. The van der Waals surface area contributed by atoms with Crippen LogP contribution in [-0.4, -0.2) is 14.7 Å². The van der Waals surface area contributed by atoms with Crippen LogP contribution in [0.2, 0.25) is 0 Å². The van der Waals surface area contributed by atoms with Crippen LogP contribution in [0.25, 0.3) is 0 Å². The molecular formula is C10H14O2S. The van der Waals surface area contributed by atoms with E-state index in [1.54, 1.807) is 6.07 Å². The van der Waals surface area contributed by atoms with E-state index in [9.17, 15) is 8.42 Å². The fourth-order valence-electron chi connectivity index (χ4n) is 1.35. The molecule has 0 N–H and O–H groups in total. The van der Waals surface area contributed by atoms with E-state index in [0.717, 1.165) is 17.5 Å². The molecule has 0 radical (unpaired) electrons. The second-order valence-corrected chi connectivity index (χ2v) is 5.22. The van der Waals surface area contributed by atoms with Gasteiger partial charge in [-0.2, -0.15) is 0 Å². The van der Waals surface area contributed by atoms with Gasteiger partial charge in [-0.1, -0.05) is 24.6 Å². The summed E-state index contributed by atoms with van der Waals surface area (Å²) < 4.78 is 22.6. The summed E-state index contributed by atoms with van der Waals surface area (Å²) in [6.07, 6.45) is 2.00. The van der Waals surface area contributed by atoms with Gasteiger partial charge < -0.3 is 0 Å². The summed E-state index contributed by atoms with van der Waals surface area (Å²) in [7, 11) is -3.06. The number of hydrogen-bond acceptors (Lipinski definition) is 2. The SMILES string of the molecule is CCc1cc(C)ccc1S(C)(=O)=O. The second kappa shape index (κ2) is 3.50. The van der Waals surface area contributed by atoms with Crippen LogP contribution in [0.15, 0.2) is 23.1 Å². The fourth-order valence-corrected chi connectivity index (χ4v) is 2.34. The summed E-state index contributed by atoms with van der Waals surface area (Å²) in [5, 5.41) is 0. The highest BCUT2D eigenvalue weighted by Crippen LogP contribution is 2.17. The largest absolute Gasteiger partial charge is 0.224 e. The maximum Gasteiger partial charge on any atom is 0.175 e. The Kier molecular flexibility index (Phi) is 2.76. The molecule has 2 nitrogen and oxygen atoms in total. The third kappa shape index (κ3) is 2.31. The highest BCUT2D eigenvalue weighted by Gasteiger charge is 2.11. The first-order chi connectivity index (χ1) is 5.95. The van der Waals surface area contributed by atoms with Crippen LogP contribution in [0.3, 0.4) is 0 Å². The Balaban J connectivity index is 3.39. The first kappa shape index (κ1) is 10.3. The van der Waals surface area contributed by atoms with E-state index in [0.29, 0.717) is 4.90 Å². The van der Waals surface area contributed by atoms with Crippen LogP contribution in [0.1, 0.15) is 18.1 Å². The van der Waals surface area contributed by atoms with Gasteiger partial charge in [0.2, 0.25) is 0 Å². The molecule has 0 aliphatic heterocycles. The first-order valence-corrected chi connectivity index (χ1v) is 6.14. The normalized spacial score (nSPS) is 11.6. The third-order valence-electron chi connectivity index (χ3n) is 2.00. The topological polar surface area (TPSA) is 34.1 Å². The molecule has 0 fully saturated rings. The van der Waals surface area contributed by atoms with Crippen LogP contribution >= 0.6 is 0 Å². The Bertz CT molecular complexity index is 405. The lowest BCUT2D eigenvalue weighted by molar-refractivity contribution is 0.601. The van der Waals surface area contributed by atoms with E-state index in [4.69, 9.17) is 0 Å². The van der Waals surface area contributed by atoms with E-state index in [2.05, 4.69) is 0 Å². The average Bonchev–Trinajstić information content (AvgIpc) is 2.01. The Morgan fingerprint density at radius 2 is 1.92 bits per heavy atom. The van der Waals surface area contributed by atoms with Gasteiger partial charge in [-0.15, -0.1) is 0 Å². The number of hydrogen-bond donors (Lipinski definition) is 0. The van der Waals surface area contributed by atoms with Gasteiger partial charge in [0.25, 0.3) is 0 Å². The quantitative estimate of drug-likeness (QED) is 0.728. The molecular weight excluding hydrogens is 184 g/mol. The molecule has 0 aromatic heterocycles. The molecule has 0 bridgehead atoms. The van der Waals surface area contributed by atoms with Crippen molar-refractivity contribution in [2.75, 3.05) is 6.26 Å². The second-order valence-electron chi connectivity index (χ2n) is 3.24. The maximum atomic E-state index is 11.3. The molecule has 0 unspecified atom stereocenters. The van der Waals surface area contributed by atoms with E-state index in [1.807, 2.05) is 26.0 Å². The zero-order valence-electron chi connectivity index (χ0n) is 8.16. The molecule has 0 heterocycles. The lowest BCUT2D eigenvalue weighted by Gasteiger charge is -2.06. The van der Waals surface area contributed by atoms with Crippen LogP contribution in [0.4, 0.5) is 0 Å². The van der Waals surface area contributed by atoms with Crippen LogP contribution in [0.5, 0.6) is 0 Å². The molecule has 0 aliphatic rings. The van der Waals surface area contributed by atoms with Gasteiger partial charge >= 0.3 is 0 Å². The van der Waals surface area contributed by atoms with Crippen molar-refractivity contribution in [1.29, 1.82) is 0 Å². The molecule has 0 aliphatic carbocycles. The summed E-state index contributed by atoms with van der Waals surface area (Å²) in [5.74, 6) is 0. The van der Waals surface area contributed by atoms with Crippen molar-refractivity contribution >= 4 is 9.84 Å². The number of benzene rings is 1. The molecule has 0 saturated heterocycles. The van der Waals surface area contributed by atoms with Crippen molar-refractivity contribution in [3.8, 4) is 0 Å². The predicted molar refractivity (Wildman–Crippen MR) is 53.7 cm³/mol. The van der Waals surface area contributed by atoms with Crippen molar-refractivity contribution in [2.45, 2.75) is 25.2 Å². The van der Waals surface area contributed by atoms with Gasteiger partial charge in [-0.3, -0.25) is 0 Å². The Morgan fingerprint density at radius 3 is 2.38 bits per heavy atom. The molecule has 1 aromatic carbocycles. The third-order valence-corrected chi connectivity index (χ3v) is 3.19. The number of rotatable bonds is 2. The average molecular weight is 198 g/mol. The van der Waals surface area contributed by atoms with Crippen molar-refractivity contribution < 1.29 is 8.42 Å². The number of sulfone groups is 1. The van der Waals surface area contributed by atoms with Gasteiger partial charge in [-0.25, -0.2) is 8.42 Å². The summed E-state index contributed by atoms with van der Waals surface area (Å²) in [5.41, 5.74) is 2.01. The van der Waals surface area contributed by atoms with Gasteiger partial charge in [0.1, 0.15) is 0 Å². The number of aryl methyl sites for hydroxylation is 2. The Hall–Kier alpha value is -0.830. The van der Waals surface area contributed by atoms with Crippen LogP contribution in [-0.2, 0) is 16.3 Å². The molecule has 3 heteroatoms. The molecule has 0 spiro atoms. The molecule has 72 valence electrons. The van der Waals surface area contributed by atoms with Crippen molar-refractivity contribution in [2.24, 2.45) is 0 Å². The van der Waals surface area contributed by atoms with Gasteiger partial charge in [-0.05, 0) is 25.0 Å². The minimum Gasteiger partial charge on any atom is -0.224 e. The van der Waals surface area contributed by atoms with Crippen LogP contribution in [0, 0.1) is 6.92 Å². The van der Waals surface area contributed by atoms with E-state index in [1.165, 1.54) is 6.26 Å². The standard InChI is InChI=1S/C10H14O2S/c1-4-9-7-8(2)5-6-10(9)13(3,11)12/h5-7H,4H2,1-3H3. The van der Waals surface area contributed by atoms with Crippen molar-refractivity contribution in [3.63, 3.8) is 0 Å². The van der Waals surface area contributed by atoms with Gasteiger partial charge in [0.15, 0.2) is 9.84 Å². The fraction of sp³-hybridized carbons (Fsp3) is 0.400. The van der Waals surface area contributed by atoms with Gasteiger partial charge in [0.05, 0.1) is 4.90 Å².